The number of carbonyl (C=O) groups is 1. The van der Waals surface area contributed by atoms with Gasteiger partial charge in [-0.25, -0.2) is 0 Å². The van der Waals surface area contributed by atoms with Gasteiger partial charge in [0.2, 0.25) is 0 Å². The number of esters is 1. The van der Waals surface area contributed by atoms with Crippen LogP contribution in [0.4, 0.5) is 0 Å². The fourth-order valence-electron chi connectivity index (χ4n) is 4.36. The lowest BCUT2D eigenvalue weighted by molar-refractivity contribution is -0.143. The molecular formula is C31H60O2. The van der Waals surface area contributed by atoms with Gasteiger partial charge in [0.25, 0.3) is 0 Å². The van der Waals surface area contributed by atoms with Crippen molar-refractivity contribution in [2.24, 2.45) is 0 Å². The van der Waals surface area contributed by atoms with Crippen LogP contribution in [0.15, 0.2) is 12.2 Å². The highest BCUT2D eigenvalue weighted by molar-refractivity contribution is 5.69. The number of ether oxygens (including phenoxy) is 1. The third-order valence-corrected chi connectivity index (χ3v) is 6.65. The van der Waals surface area contributed by atoms with Gasteiger partial charge in [-0.05, 0) is 38.5 Å². The van der Waals surface area contributed by atoms with Crippen molar-refractivity contribution in [3.63, 3.8) is 0 Å². The molecule has 0 aliphatic rings. The SMILES string of the molecule is CCCCCCC/C=C/CCCCCCCCC(=O)OCCCCCCCCCCCCC. The molecule has 0 aromatic heterocycles. The maximum atomic E-state index is 11.8. The maximum absolute atomic E-state index is 11.8. The summed E-state index contributed by atoms with van der Waals surface area (Å²) in [5, 5.41) is 0. The molecule has 33 heavy (non-hydrogen) atoms. The smallest absolute Gasteiger partial charge is 0.305 e. The van der Waals surface area contributed by atoms with Gasteiger partial charge in [-0.1, -0.05) is 142 Å². The summed E-state index contributed by atoms with van der Waals surface area (Å²) >= 11 is 0. The fraction of sp³-hybridized carbons (Fsp3) is 0.903. The molecule has 0 spiro atoms. The highest BCUT2D eigenvalue weighted by Crippen LogP contribution is 2.12. The molecule has 0 saturated heterocycles. The van der Waals surface area contributed by atoms with Crippen LogP contribution in [0.3, 0.4) is 0 Å². The molecule has 0 radical (unpaired) electrons. The van der Waals surface area contributed by atoms with E-state index in [1.165, 1.54) is 141 Å². The van der Waals surface area contributed by atoms with Crippen LogP contribution >= 0.6 is 0 Å². The Morgan fingerprint density at radius 1 is 0.485 bits per heavy atom. The zero-order valence-electron chi connectivity index (χ0n) is 22.9. The minimum Gasteiger partial charge on any atom is -0.466 e. The largest absolute Gasteiger partial charge is 0.466 e. The highest BCUT2D eigenvalue weighted by Gasteiger charge is 2.02. The standard InChI is InChI=1S/C31H60O2/c1-3-5-7-9-11-13-15-16-17-18-19-21-23-25-27-29-31(32)33-30-28-26-24-22-20-14-12-10-8-6-4-2/h15-16H,3-14,17-30H2,1-2H3/b16-15+. The molecule has 0 aromatic rings. The Bertz CT molecular complexity index is 402. The van der Waals surface area contributed by atoms with Gasteiger partial charge in [-0.2, -0.15) is 0 Å². The average Bonchev–Trinajstić information content (AvgIpc) is 2.82. The molecule has 0 aliphatic heterocycles. The van der Waals surface area contributed by atoms with Crippen molar-refractivity contribution in [2.75, 3.05) is 6.61 Å². The molecule has 0 fully saturated rings. The lowest BCUT2D eigenvalue weighted by Crippen LogP contribution is -2.05. The van der Waals surface area contributed by atoms with Crippen molar-refractivity contribution in [2.45, 2.75) is 174 Å². The van der Waals surface area contributed by atoms with Crippen LogP contribution in [0.1, 0.15) is 174 Å². The summed E-state index contributed by atoms with van der Waals surface area (Å²) in [5.41, 5.74) is 0. The first kappa shape index (κ1) is 32.2. The van der Waals surface area contributed by atoms with Gasteiger partial charge < -0.3 is 4.74 Å². The van der Waals surface area contributed by atoms with E-state index in [-0.39, 0.29) is 5.97 Å². The zero-order valence-corrected chi connectivity index (χ0v) is 22.9. The number of allylic oxidation sites excluding steroid dienone is 2. The molecular weight excluding hydrogens is 404 g/mol. The summed E-state index contributed by atoms with van der Waals surface area (Å²) in [6.07, 6.45) is 36.8. The summed E-state index contributed by atoms with van der Waals surface area (Å²) < 4.78 is 5.40. The van der Waals surface area contributed by atoms with E-state index < -0.39 is 0 Å². The molecule has 0 aromatic carbocycles. The summed E-state index contributed by atoms with van der Waals surface area (Å²) in [6.45, 7) is 5.17. The Morgan fingerprint density at radius 3 is 1.30 bits per heavy atom. The minimum absolute atomic E-state index is 0.0157. The molecule has 0 unspecified atom stereocenters. The Hall–Kier alpha value is -0.790. The third kappa shape index (κ3) is 29.2. The molecule has 0 heterocycles. The van der Waals surface area contributed by atoms with Crippen LogP contribution in [-0.4, -0.2) is 12.6 Å². The van der Waals surface area contributed by atoms with Crippen LogP contribution in [0, 0.1) is 0 Å². The minimum atomic E-state index is 0.0157. The molecule has 0 atom stereocenters. The van der Waals surface area contributed by atoms with Crippen LogP contribution in [0.5, 0.6) is 0 Å². The molecule has 196 valence electrons. The average molecular weight is 465 g/mol. The molecule has 0 saturated carbocycles. The van der Waals surface area contributed by atoms with Crippen molar-refractivity contribution >= 4 is 5.97 Å². The van der Waals surface area contributed by atoms with Gasteiger partial charge >= 0.3 is 5.97 Å². The maximum Gasteiger partial charge on any atom is 0.305 e. The van der Waals surface area contributed by atoms with Crippen molar-refractivity contribution in [3.8, 4) is 0 Å². The van der Waals surface area contributed by atoms with Crippen molar-refractivity contribution in [1.29, 1.82) is 0 Å². The first-order chi connectivity index (χ1) is 16.3. The second-order valence-electron chi connectivity index (χ2n) is 10.1. The predicted octanol–water partition coefficient (Wildman–Crippen LogP) is 10.9. The Labute approximate surface area is 208 Å². The van der Waals surface area contributed by atoms with Gasteiger partial charge in [-0.3, -0.25) is 4.79 Å². The van der Waals surface area contributed by atoms with Crippen molar-refractivity contribution in [3.05, 3.63) is 12.2 Å². The van der Waals surface area contributed by atoms with Crippen LogP contribution in [0.2, 0.25) is 0 Å². The monoisotopic (exact) mass is 464 g/mol. The van der Waals surface area contributed by atoms with Gasteiger partial charge in [0.1, 0.15) is 0 Å². The van der Waals surface area contributed by atoms with Crippen LogP contribution in [0.25, 0.3) is 0 Å². The summed E-state index contributed by atoms with van der Waals surface area (Å²) in [6, 6.07) is 0. The normalized spacial score (nSPS) is 11.5. The molecule has 0 bridgehead atoms. The molecule has 0 aliphatic carbocycles. The first-order valence-electron chi connectivity index (χ1n) is 15.1. The lowest BCUT2D eigenvalue weighted by atomic mass is 10.1. The van der Waals surface area contributed by atoms with E-state index in [1.54, 1.807) is 0 Å². The summed E-state index contributed by atoms with van der Waals surface area (Å²) in [7, 11) is 0. The van der Waals surface area contributed by atoms with Gasteiger partial charge in [0, 0.05) is 6.42 Å². The van der Waals surface area contributed by atoms with Gasteiger partial charge in [0.15, 0.2) is 0 Å². The molecule has 0 N–H and O–H groups in total. The molecule has 0 rings (SSSR count). The first-order valence-corrected chi connectivity index (χ1v) is 15.1. The lowest BCUT2D eigenvalue weighted by Gasteiger charge is -2.05. The van der Waals surface area contributed by atoms with Gasteiger partial charge in [-0.15, -0.1) is 0 Å². The van der Waals surface area contributed by atoms with E-state index in [2.05, 4.69) is 26.0 Å². The van der Waals surface area contributed by atoms with E-state index in [0.717, 1.165) is 12.8 Å². The predicted molar refractivity (Wildman–Crippen MR) is 147 cm³/mol. The molecule has 0 amide bonds. The number of hydrogen-bond donors (Lipinski definition) is 0. The van der Waals surface area contributed by atoms with Gasteiger partial charge in [0.05, 0.1) is 6.61 Å². The number of hydrogen-bond acceptors (Lipinski definition) is 2. The van der Waals surface area contributed by atoms with E-state index in [1.807, 2.05) is 0 Å². The fourth-order valence-corrected chi connectivity index (χ4v) is 4.36. The second kappa shape index (κ2) is 29.2. The van der Waals surface area contributed by atoms with Crippen LogP contribution < -0.4 is 0 Å². The molecule has 2 nitrogen and oxygen atoms in total. The quantitative estimate of drug-likeness (QED) is 0.0686. The number of rotatable bonds is 27. The summed E-state index contributed by atoms with van der Waals surface area (Å²) in [4.78, 5) is 11.8. The summed E-state index contributed by atoms with van der Waals surface area (Å²) in [5.74, 6) is 0.0157. The van der Waals surface area contributed by atoms with E-state index in [4.69, 9.17) is 4.74 Å². The van der Waals surface area contributed by atoms with Crippen molar-refractivity contribution < 1.29 is 9.53 Å². The van der Waals surface area contributed by atoms with Crippen LogP contribution in [-0.2, 0) is 9.53 Å². The Kier molecular flexibility index (Phi) is 28.5. The Balaban J connectivity index is 3.19. The molecule has 2 heteroatoms. The number of carbonyl (C=O) groups excluding carboxylic acids is 1. The highest BCUT2D eigenvalue weighted by atomic mass is 16.5. The van der Waals surface area contributed by atoms with E-state index in [0.29, 0.717) is 13.0 Å². The van der Waals surface area contributed by atoms with Crippen molar-refractivity contribution in [1.82, 2.24) is 0 Å². The topological polar surface area (TPSA) is 26.3 Å². The second-order valence-corrected chi connectivity index (χ2v) is 10.1. The number of unbranched alkanes of at least 4 members (excludes halogenated alkanes) is 21. The zero-order chi connectivity index (χ0) is 24.1. The third-order valence-electron chi connectivity index (χ3n) is 6.65. The van der Waals surface area contributed by atoms with E-state index >= 15 is 0 Å². The Morgan fingerprint density at radius 2 is 0.848 bits per heavy atom. The van der Waals surface area contributed by atoms with E-state index in [9.17, 15) is 4.79 Å².